The highest BCUT2D eigenvalue weighted by Crippen LogP contribution is 2.75. The zero-order valence-corrected chi connectivity index (χ0v) is 31.3. The Hall–Kier alpha value is -1.48. The second-order valence-electron chi connectivity index (χ2n) is 18.3. The van der Waals surface area contributed by atoms with Crippen molar-refractivity contribution in [3.8, 4) is 0 Å². The van der Waals surface area contributed by atoms with Crippen molar-refractivity contribution in [2.45, 2.75) is 167 Å². The zero-order valence-electron chi connectivity index (χ0n) is 31.3. The molecule has 0 unspecified atom stereocenters. The van der Waals surface area contributed by atoms with Gasteiger partial charge in [-0.05, 0) is 87.4 Å². The number of Topliss-reactive ketones (excluding diaryl/α,β-unsaturated/α-hetero) is 1. The quantitative estimate of drug-likeness (QED) is 0.136. The molecule has 1 saturated heterocycles. The molecule has 7 N–H and O–H groups in total. The number of aliphatic hydroxyl groups is 7. The topological polar surface area (TPSA) is 203 Å². The van der Waals surface area contributed by atoms with E-state index in [0.717, 1.165) is 12.0 Å². The van der Waals surface area contributed by atoms with Crippen molar-refractivity contribution in [2.24, 2.45) is 39.4 Å². The first-order valence-electron chi connectivity index (χ1n) is 18.4. The number of ether oxygens (including phenoxy) is 3. The van der Waals surface area contributed by atoms with Gasteiger partial charge in [-0.2, -0.15) is 0 Å². The Morgan fingerprint density at radius 3 is 2.16 bits per heavy atom. The molecule has 0 radical (unpaired) electrons. The molecule has 0 bridgehead atoms. The summed E-state index contributed by atoms with van der Waals surface area (Å²) < 4.78 is 17.9. The molecule has 12 nitrogen and oxygen atoms in total. The summed E-state index contributed by atoms with van der Waals surface area (Å²) in [5.74, 6) is -1.58. The maximum absolute atomic E-state index is 13.8. The first-order valence-corrected chi connectivity index (χ1v) is 18.4. The van der Waals surface area contributed by atoms with Crippen LogP contribution in [0.5, 0.6) is 0 Å². The summed E-state index contributed by atoms with van der Waals surface area (Å²) in [6.45, 7) is 16.1. The number of aliphatic hydroxyl groups excluding tert-OH is 5. The van der Waals surface area contributed by atoms with E-state index in [1.165, 1.54) is 13.8 Å². The van der Waals surface area contributed by atoms with Gasteiger partial charge < -0.3 is 50.0 Å². The molecule has 15 atom stereocenters. The van der Waals surface area contributed by atoms with Crippen LogP contribution in [0, 0.1) is 39.4 Å². The molecule has 286 valence electrons. The number of rotatable bonds is 9. The summed E-state index contributed by atoms with van der Waals surface area (Å²) in [6.07, 6.45) is -4.50. The van der Waals surface area contributed by atoms with Crippen LogP contribution in [-0.2, 0) is 23.8 Å². The van der Waals surface area contributed by atoms with Crippen molar-refractivity contribution in [2.75, 3.05) is 6.61 Å². The average molecular weight is 711 g/mol. The fraction of sp³-hybridized carbons (Fsp3) is 0.895. The molecule has 0 aromatic carbocycles. The highest BCUT2D eigenvalue weighted by Gasteiger charge is 2.73. The van der Waals surface area contributed by atoms with Crippen LogP contribution in [0.1, 0.15) is 107 Å². The van der Waals surface area contributed by atoms with E-state index in [2.05, 4.69) is 26.8 Å². The van der Waals surface area contributed by atoms with Crippen molar-refractivity contribution in [1.29, 1.82) is 0 Å². The minimum Gasteiger partial charge on any atom is -0.462 e. The van der Waals surface area contributed by atoms with Gasteiger partial charge in [0.15, 0.2) is 12.1 Å². The van der Waals surface area contributed by atoms with Gasteiger partial charge in [0.25, 0.3) is 0 Å². The normalized spacial score (nSPS) is 46.9. The van der Waals surface area contributed by atoms with Gasteiger partial charge >= 0.3 is 5.97 Å². The van der Waals surface area contributed by atoms with Crippen LogP contribution in [-0.4, -0.2) is 114 Å². The molecule has 0 aromatic rings. The second-order valence-corrected chi connectivity index (χ2v) is 18.3. The summed E-state index contributed by atoms with van der Waals surface area (Å²) in [5, 5.41) is 75.4. The van der Waals surface area contributed by atoms with Crippen LogP contribution in [0.25, 0.3) is 0 Å². The van der Waals surface area contributed by atoms with E-state index in [9.17, 15) is 45.3 Å². The van der Waals surface area contributed by atoms with Crippen molar-refractivity contribution >= 4 is 11.8 Å². The Bertz CT molecular complexity index is 1340. The highest BCUT2D eigenvalue weighted by atomic mass is 16.7. The molecule has 0 spiro atoms. The molecule has 0 aromatic heterocycles. The molecule has 4 fully saturated rings. The van der Waals surface area contributed by atoms with E-state index >= 15 is 0 Å². The fourth-order valence-corrected chi connectivity index (χ4v) is 11.4. The molecule has 12 heteroatoms. The minimum atomic E-state index is -1.82. The van der Waals surface area contributed by atoms with E-state index in [0.29, 0.717) is 25.7 Å². The van der Waals surface area contributed by atoms with Crippen LogP contribution in [0.2, 0.25) is 0 Å². The Morgan fingerprint density at radius 1 is 0.940 bits per heavy atom. The van der Waals surface area contributed by atoms with Gasteiger partial charge in [-0.3, -0.25) is 9.59 Å². The van der Waals surface area contributed by atoms with Gasteiger partial charge in [0.1, 0.15) is 36.1 Å². The van der Waals surface area contributed by atoms with Crippen LogP contribution < -0.4 is 0 Å². The highest BCUT2D eigenvalue weighted by molar-refractivity contribution is 5.87. The van der Waals surface area contributed by atoms with E-state index in [-0.39, 0.29) is 35.9 Å². The lowest BCUT2D eigenvalue weighted by molar-refractivity contribution is -0.324. The third-order valence-corrected chi connectivity index (χ3v) is 14.4. The molecule has 5 rings (SSSR count). The third-order valence-electron chi connectivity index (χ3n) is 14.4. The van der Waals surface area contributed by atoms with Crippen molar-refractivity contribution in [1.82, 2.24) is 0 Å². The standard InChI is InChI=1S/C38H62O12/c1-19(40)48-23-17-37(8)25-11-10-20-21(16-22(31(45)34(20,4)5)49-32-29(44)28(43)27(42)24(18-39)50-32)35(25,6)14-15-36(37,7)30(23)38(9,47)26(41)12-13-33(2,3)46/h10,21-25,27-32,39,42-47H,11-18H2,1-9H3/t21-,22-,23+,24-,25+,27+,28+,29+,30+,31-,32-,35-,36+,37+,38+/m0/s1. The number of allylic oxidation sites excluding steroid dienone is 1. The number of fused-ring (bicyclic) bond motifs is 5. The number of carbonyl (C=O) groups is 2. The second kappa shape index (κ2) is 13.1. The van der Waals surface area contributed by atoms with Crippen LogP contribution in [0.4, 0.5) is 0 Å². The molecule has 0 amide bonds. The van der Waals surface area contributed by atoms with E-state index in [1.54, 1.807) is 13.8 Å². The van der Waals surface area contributed by atoms with Crippen LogP contribution >= 0.6 is 0 Å². The van der Waals surface area contributed by atoms with Gasteiger partial charge in [-0.25, -0.2) is 0 Å². The lowest BCUT2D eigenvalue weighted by Crippen LogP contribution is -2.64. The van der Waals surface area contributed by atoms with Gasteiger partial charge in [0.2, 0.25) is 0 Å². The van der Waals surface area contributed by atoms with Crippen LogP contribution in [0.3, 0.4) is 0 Å². The lowest BCUT2D eigenvalue weighted by atomic mass is 9.38. The molecule has 3 saturated carbocycles. The van der Waals surface area contributed by atoms with Crippen molar-refractivity contribution in [3.63, 3.8) is 0 Å². The van der Waals surface area contributed by atoms with Crippen molar-refractivity contribution in [3.05, 3.63) is 11.6 Å². The zero-order chi connectivity index (χ0) is 37.6. The Labute approximate surface area is 296 Å². The molecule has 1 heterocycles. The Balaban J connectivity index is 1.49. The Kier molecular flexibility index (Phi) is 10.4. The lowest BCUT2D eigenvalue weighted by Gasteiger charge is -2.66. The predicted molar refractivity (Wildman–Crippen MR) is 181 cm³/mol. The molecule has 50 heavy (non-hydrogen) atoms. The molecule has 4 aliphatic carbocycles. The summed E-state index contributed by atoms with van der Waals surface area (Å²) in [7, 11) is 0. The maximum Gasteiger partial charge on any atom is 0.302 e. The SMILES string of the molecule is CC(=O)O[C@@H]1C[C@]2(C)[C@@H]3CC=C4[C@H](C[C@H](O[C@H]5O[C@@H](CO)[C@@H](O)[C@@H](O)[C@H]5O)[C@H](O)C4(C)C)[C@]3(C)CC[C@]2(C)[C@@H]1[C@](C)(O)C(=O)CCC(C)(C)O. The first kappa shape index (κ1) is 39.7. The summed E-state index contributed by atoms with van der Waals surface area (Å²) in [5.41, 5.74) is -3.94. The first-order chi connectivity index (χ1) is 22.9. The average Bonchev–Trinajstić information content (AvgIpc) is 3.24. The maximum atomic E-state index is 13.8. The number of carbonyl (C=O) groups excluding carboxylic acids is 2. The number of hydrogen-bond acceptors (Lipinski definition) is 12. The summed E-state index contributed by atoms with van der Waals surface area (Å²) in [6, 6.07) is 0. The monoisotopic (exact) mass is 710 g/mol. The Morgan fingerprint density at radius 2 is 1.58 bits per heavy atom. The molecular weight excluding hydrogens is 648 g/mol. The summed E-state index contributed by atoms with van der Waals surface area (Å²) in [4.78, 5) is 26.3. The van der Waals surface area contributed by atoms with Crippen molar-refractivity contribution < 1.29 is 59.5 Å². The van der Waals surface area contributed by atoms with Gasteiger partial charge in [0.05, 0.1) is 24.4 Å². The smallest absolute Gasteiger partial charge is 0.302 e. The third kappa shape index (κ3) is 6.22. The van der Waals surface area contributed by atoms with E-state index in [1.807, 2.05) is 13.8 Å². The number of esters is 1. The number of ketones is 1. The minimum absolute atomic E-state index is 0.0187. The largest absolute Gasteiger partial charge is 0.462 e. The fourth-order valence-electron chi connectivity index (χ4n) is 11.4. The number of hydrogen-bond donors (Lipinski definition) is 7. The van der Waals surface area contributed by atoms with Gasteiger partial charge in [0, 0.05) is 24.7 Å². The van der Waals surface area contributed by atoms with Gasteiger partial charge in [-0.1, -0.05) is 46.3 Å². The van der Waals surface area contributed by atoms with E-state index in [4.69, 9.17) is 14.2 Å². The molecule has 5 aliphatic rings. The van der Waals surface area contributed by atoms with Gasteiger partial charge in [-0.15, -0.1) is 0 Å². The van der Waals surface area contributed by atoms with Crippen LogP contribution in [0.15, 0.2) is 11.6 Å². The summed E-state index contributed by atoms with van der Waals surface area (Å²) >= 11 is 0. The molecule has 1 aliphatic heterocycles. The predicted octanol–water partition coefficient (Wildman–Crippen LogP) is 2.16. The molecular formula is C38H62O12. The van der Waals surface area contributed by atoms with E-state index < -0.39 is 95.0 Å².